The lowest BCUT2D eigenvalue weighted by Crippen LogP contribution is -2.47. The van der Waals surface area contributed by atoms with E-state index in [4.69, 9.17) is 19.3 Å². The minimum Gasteiger partial charge on any atom is -0.511 e. The van der Waals surface area contributed by atoms with Gasteiger partial charge < -0.3 is 24.4 Å². The van der Waals surface area contributed by atoms with Crippen molar-refractivity contribution in [3.63, 3.8) is 0 Å². The van der Waals surface area contributed by atoms with E-state index in [2.05, 4.69) is 14.8 Å². The van der Waals surface area contributed by atoms with Crippen molar-refractivity contribution in [1.82, 2.24) is 9.80 Å². The summed E-state index contributed by atoms with van der Waals surface area (Å²) in [6.45, 7) is 8.20. The van der Waals surface area contributed by atoms with Crippen LogP contribution >= 0.6 is 0 Å². The highest BCUT2D eigenvalue weighted by Gasteiger charge is 2.27. The summed E-state index contributed by atoms with van der Waals surface area (Å²) in [4.78, 5) is 21.7. The van der Waals surface area contributed by atoms with Crippen LogP contribution in [0.1, 0.15) is 24.3 Å². The fraction of sp³-hybridized carbons (Fsp3) is 0.615. The van der Waals surface area contributed by atoms with Crippen molar-refractivity contribution in [1.29, 1.82) is 0 Å². The van der Waals surface area contributed by atoms with E-state index in [-0.39, 0.29) is 24.1 Å². The molecule has 1 aromatic carbocycles. The molecule has 0 radical (unpaired) electrons. The fourth-order valence-corrected chi connectivity index (χ4v) is 4.32. The number of allylic oxidation sites excluding steroid dienone is 2. The molecule has 0 aromatic heterocycles. The maximum Gasteiger partial charge on any atom is 0.168 e. The number of aliphatic hydroxyl groups excluding tert-OH is 2. The normalized spacial score (nSPS) is 20.2. The SMILES string of the molecule is COCCOCCOc1ccc(C2CC(=O)C(C=NCCN3CCN(CCO)CC3)=C(O)C2)cc1. The first kappa shape index (κ1) is 27.3. The van der Waals surface area contributed by atoms with Crippen molar-refractivity contribution >= 4 is 12.0 Å². The highest BCUT2D eigenvalue weighted by molar-refractivity contribution is 6.14. The van der Waals surface area contributed by atoms with Crippen molar-refractivity contribution in [3.05, 3.63) is 41.2 Å². The summed E-state index contributed by atoms with van der Waals surface area (Å²) in [5, 5.41) is 19.6. The Balaban J connectivity index is 1.42. The van der Waals surface area contributed by atoms with Gasteiger partial charge in [-0.05, 0) is 23.6 Å². The van der Waals surface area contributed by atoms with Gasteiger partial charge in [-0.15, -0.1) is 0 Å². The fourth-order valence-electron chi connectivity index (χ4n) is 4.32. The second-order valence-corrected chi connectivity index (χ2v) is 8.85. The number of piperazine rings is 1. The number of hydrogen-bond donors (Lipinski definition) is 2. The van der Waals surface area contributed by atoms with Gasteiger partial charge in [-0.2, -0.15) is 0 Å². The third-order valence-corrected chi connectivity index (χ3v) is 6.41. The second-order valence-electron chi connectivity index (χ2n) is 8.85. The lowest BCUT2D eigenvalue weighted by Gasteiger charge is -2.33. The topological polar surface area (TPSA) is 104 Å². The molecule has 0 bridgehead atoms. The zero-order chi connectivity index (χ0) is 24.9. The van der Waals surface area contributed by atoms with E-state index in [1.54, 1.807) is 13.3 Å². The summed E-state index contributed by atoms with van der Waals surface area (Å²) < 4.78 is 16.0. The van der Waals surface area contributed by atoms with Crippen LogP contribution in [0.5, 0.6) is 5.75 Å². The van der Waals surface area contributed by atoms with Crippen molar-refractivity contribution in [2.24, 2.45) is 4.99 Å². The van der Waals surface area contributed by atoms with Gasteiger partial charge in [0.05, 0.1) is 38.5 Å². The summed E-state index contributed by atoms with van der Waals surface area (Å²) >= 11 is 0. The Morgan fingerprint density at radius 2 is 1.69 bits per heavy atom. The molecular weight excluding hydrogens is 450 g/mol. The summed E-state index contributed by atoms with van der Waals surface area (Å²) in [7, 11) is 1.64. The molecule has 2 N–H and O–H groups in total. The first-order valence-electron chi connectivity index (χ1n) is 12.4. The van der Waals surface area contributed by atoms with E-state index in [1.807, 2.05) is 24.3 Å². The average Bonchev–Trinajstić information content (AvgIpc) is 2.86. The molecule has 1 heterocycles. The Labute approximate surface area is 208 Å². The molecule has 0 saturated carbocycles. The molecule has 3 rings (SSSR count). The van der Waals surface area contributed by atoms with Crippen molar-refractivity contribution in [2.45, 2.75) is 18.8 Å². The van der Waals surface area contributed by atoms with Gasteiger partial charge in [-0.1, -0.05) is 12.1 Å². The van der Waals surface area contributed by atoms with Gasteiger partial charge in [0, 0.05) is 65.4 Å². The van der Waals surface area contributed by atoms with Crippen LogP contribution in [0.3, 0.4) is 0 Å². The molecule has 1 aliphatic carbocycles. The number of nitrogens with zero attached hydrogens (tertiary/aromatic N) is 3. The third-order valence-electron chi connectivity index (χ3n) is 6.41. The summed E-state index contributed by atoms with van der Waals surface area (Å²) in [6.07, 6.45) is 2.32. The number of hydrogen-bond acceptors (Lipinski definition) is 9. The summed E-state index contributed by atoms with van der Waals surface area (Å²) in [5.41, 5.74) is 1.34. The van der Waals surface area contributed by atoms with E-state index in [9.17, 15) is 9.90 Å². The number of ether oxygens (including phenoxy) is 3. The van der Waals surface area contributed by atoms with Crippen LogP contribution in [0, 0.1) is 0 Å². The molecule has 1 fully saturated rings. The van der Waals surface area contributed by atoms with Crippen LogP contribution < -0.4 is 4.74 Å². The van der Waals surface area contributed by atoms with Gasteiger partial charge >= 0.3 is 0 Å². The number of ketones is 1. The molecule has 1 atom stereocenters. The number of benzene rings is 1. The molecule has 2 aliphatic rings. The van der Waals surface area contributed by atoms with Crippen molar-refractivity contribution < 1.29 is 29.2 Å². The number of carbonyl (C=O) groups is 1. The summed E-state index contributed by atoms with van der Waals surface area (Å²) in [5.74, 6) is 0.727. The zero-order valence-corrected chi connectivity index (χ0v) is 20.7. The van der Waals surface area contributed by atoms with E-state index in [0.29, 0.717) is 51.4 Å². The van der Waals surface area contributed by atoms with E-state index >= 15 is 0 Å². The Morgan fingerprint density at radius 1 is 1.00 bits per heavy atom. The van der Waals surface area contributed by atoms with Gasteiger partial charge in [0.25, 0.3) is 0 Å². The lowest BCUT2D eigenvalue weighted by atomic mass is 9.83. The van der Waals surface area contributed by atoms with Gasteiger partial charge in [-0.25, -0.2) is 0 Å². The van der Waals surface area contributed by atoms with Gasteiger partial charge in [0.1, 0.15) is 18.1 Å². The Hall–Kier alpha value is -2.30. The number of aliphatic hydroxyl groups is 2. The smallest absolute Gasteiger partial charge is 0.168 e. The number of Topliss-reactive ketones (excluding diaryl/α,β-unsaturated/α-hetero) is 1. The first-order valence-corrected chi connectivity index (χ1v) is 12.4. The van der Waals surface area contributed by atoms with Gasteiger partial charge in [-0.3, -0.25) is 19.6 Å². The number of aliphatic imine (C=N–C) groups is 1. The van der Waals surface area contributed by atoms with Crippen LogP contribution in [-0.4, -0.2) is 118 Å². The van der Waals surface area contributed by atoms with E-state index in [0.717, 1.165) is 50.6 Å². The predicted molar refractivity (Wildman–Crippen MR) is 135 cm³/mol. The molecule has 194 valence electrons. The summed E-state index contributed by atoms with van der Waals surface area (Å²) in [6, 6.07) is 7.67. The van der Waals surface area contributed by atoms with Gasteiger partial charge in [0.15, 0.2) is 5.78 Å². The highest BCUT2D eigenvalue weighted by Crippen LogP contribution is 2.33. The van der Waals surface area contributed by atoms with E-state index < -0.39 is 0 Å². The van der Waals surface area contributed by atoms with Crippen molar-refractivity contribution in [3.8, 4) is 5.75 Å². The Kier molecular flexibility index (Phi) is 11.7. The minimum absolute atomic E-state index is 0.0544. The molecule has 1 aromatic rings. The Morgan fingerprint density at radius 3 is 2.34 bits per heavy atom. The maximum absolute atomic E-state index is 12.7. The average molecular weight is 490 g/mol. The predicted octanol–water partition coefficient (Wildman–Crippen LogP) is 1.67. The number of methoxy groups -OCH3 is 1. The number of rotatable bonds is 14. The standard InChI is InChI=1S/C26H39N3O6/c1-33-14-15-34-16-17-35-23-4-2-21(3-5-23)22-18-25(31)24(26(32)19-22)20-27-6-7-28-8-10-29(11-9-28)12-13-30/h2-5,20,22,30-31H,6-19H2,1H3. The molecule has 1 unspecified atom stereocenters. The van der Waals surface area contributed by atoms with Crippen molar-refractivity contribution in [2.75, 3.05) is 86.0 Å². The molecule has 0 spiro atoms. The monoisotopic (exact) mass is 489 g/mol. The maximum atomic E-state index is 12.7. The van der Waals surface area contributed by atoms with Crippen LogP contribution in [0.25, 0.3) is 0 Å². The van der Waals surface area contributed by atoms with E-state index in [1.165, 1.54) is 0 Å². The van der Waals surface area contributed by atoms with Crippen LogP contribution in [0.15, 0.2) is 40.6 Å². The largest absolute Gasteiger partial charge is 0.511 e. The molecule has 9 nitrogen and oxygen atoms in total. The second kappa shape index (κ2) is 15.0. The molecule has 9 heteroatoms. The highest BCUT2D eigenvalue weighted by atomic mass is 16.5. The van der Waals surface area contributed by atoms with Gasteiger partial charge in [0.2, 0.25) is 0 Å². The molecule has 0 amide bonds. The zero-order valence-electron chi connectivity index (χ0n) is 20.7. The van der Waals surface area contributed by atoms with Crippen LogP contribution in [0.2, 0.25) is 0 Å². The lowest BCUT2D eigenvalue weighted by molar-refractivity contribution is -0.116. The molecular formula is C26H39N3O6. The third kappa shape index (κ3) is 9.01. The quantitative estimate of drug-likeness (QED) is 0.300. The molecule has 1 saturated heterocycles. The van der Waals surface area contributed by atoms with Crippen LogP contribution in [0.4, 0.5) is 0 Å². The van der Waals surface area contributed by atoms with Crippen LogP contribution in [-0.2, 0) is 14.3 Å². The number of carbonyl (C=O) groups excluding carboxylic acids is 1. The molecule has 1 aliphatic heterocycles. The first-order chi connectivity index (χ1) is 17.1. The molecule has 35 heavy (non-hydrogen) atoms. The minimum atomic E-state index is -0.0753. The number of β-amino-alcohol motifs (C(OH)–C–C–N with tert-alkyl or cyclic N) is 1. The Bertz CT molecular complexity index is 834.